The van der Waals surface area contributed by atoms with Gasteiger partial charge in [0.05, 0.1) is 0 Å². The monoisotopic (exact) mass is 267 g/mol. The Bertz CT molecular complexity index is 423. The van der Waals surface area contributed by atoms with Crippen molar-refractivity contribution in [2.75, 3.05) is 6.54 Å². The fourth-order valence-corrected chi connectivity index (χ4v) is 4.03. The Morgan fingerprint density at radius 2 is 2.17 bits per heavy atom. The highest BCUT2D eigenvalue weighted by atomic mass is 32.2. The second kappa shape index (κ2) is 5.85. The summed E-state index contributed by atoms with van der Waals surface area (Å²) >= 11 is 1.91. The number of fused-ring (bicyclic) bond motifs is 1. The van der Waals surface area contributed by atoms with E-state index in [1.54, 1.807) is 6.07 Å². The van der Waals surface area contributed by atoms with Crippen LogP contribution in [0.25, 0.3) is 0 Å². The highest BCUT2D eigenvalue weighted by Crippen LogP contribution is 2.46. The van der Waals surface area contributed by atoms with Crippen molar-refractivity contribution in [1.29, 1.82) is 0 Å². The van der Waals surface area contributed by atoms with Gasteiger partial charge in [0.25, 0.3) is 0 Å². The molecule has 0 saturated heterocycles. The first-order valence-corrected chi connectivity index (χ1v) is 7.50. The number of rotatable bonds is 4. The van der Waals surface area contributed by atoms with Crippen molar-refractivity contribution in [3.05, 3.63) is 23.3 Å². The average molecular weight is 267 g/mol. The van der Waals surface area contributed by atoms with Crippen molar-refractivity contribution in [2.45, 2.75) is 43.1 Å². The molecule has 1 aromatic rings. The van der Waals surface area contributed by atoms with Crippen LogP contribution in [-0.2, 0) is 6.42 Å². The first kappa shape index (κ1) is 13.6. The fraction of sp³-hybridized carbons (Fsp3) is 0.571. The molecule has 0 spiro atoms. The van der Waals surface area contributed by atoms with Gasteiger partial charge in [-0.15, -0.1) is 11.8 Å². The molecule has 1 aliphatic heterocycles. The summed E-state index contributed by atoms with van der Waals surface area (Å²) in [5.41, 5.74) is 7.81. The van der Waals surface area contributed by atoms with Crippen molar-refractivity contribution < 1.29 is 10.2 Å². The van der Waals surface area contributed by atoms with Gasteiger partial charge in [-0.2, -0.15) is 0 Å². The minimum Gasteiger partial charge on any atom is -0.504 e. The molecule has 4 N–H and O–H groups in total. The molecule has 1 heterocycles. The highest BCUT2D eigenvalue weighted by molar-refractivity contribution is 8.00. The second-order valence-corrected chi connectivity index (χ2v) is 6.34. The van der Waals surface area contributed by atoms with E-state index in [1.807, 2.05) is 17.8 Å². The Labute approximate surface area is 112 Å². The van der Waals surface area contributed by atoms with Crippen molar-refractivity contribution in [3.8, 4) is 11.5 Å². The number of hydrogen-bond acceptors (Lipinski definition) is 4. The van der Waals surface area contributed by atoms with Gasteiger partial charge in [0, 0.05) is 22.6 Å². The first-order chi connectivity index (χ1) is 8.67. The lowest BCUT2D eigenvalue weighted by Crippen LogP contribution is -2.22. The van der Waals surface area contributed by atoms with Gasteiger partial charge < -0.3 is 15.9 Å². The van der Waals surface area contributed by atoms with Crippen LogP contribution < -0.4 is 5.73 Å². The third-order valence-electron chi connectivity index (χ3n) is 3.53. The summed E-state index contributed by atoms with van der Waals surface area (Å²) in [5, 5.41) is 20.3. The summed E-state index contributed by atoms with van der Waals surface area (Å²) in [4.78, 5) is 0. The van der Waals surface area contributed by atoms with Crippen molar-refractivity contribution in [1.82, 2.24) is 0 Å². The van der Waals surface area contributed by atoms with Crippen molar-refractivity contribution >= 4 is 11.8 Å². The molecule has 18 heavy (non-hydrogen) atoms. The number of unbranched alkanes of at least 4 members (excludes halogenated alkanes) is 1. The largest absolute Gasteiger partial charge is 0.504 e. The van der Waals surface area contributed by atoms with Crippen LogP contribution in [0.3, 0.4) is 0 Å². The maximum absolute atomic E-state index is 10.00. The lowest BCUT2D eigenvalue weighted by atomic mass is 9.96. The van der Waals surface area contributed by atoms with Gasteiger partial charge in [-0.1, -0.05) is 25.8 Å². The van der Waals surface area contributed by atoms with Crippen LogP contribution in [0.15, 0.2) is 12.1 Å². The molecule has 0 saturated carbocycles. The Balaban J connectivity index is 2.28. The molecule has 0 fully saturated rings. The Morgan fingerprint density at radius 3 is 2.83 bits per heavy atom. The zero-order valence-corrected chi connectivity index (χ0v) is 11.5. The third-order valence-corrected chi connectivity index (χ3v) is 5.09. The van der Waals surface area contributed by atoms with Crippen molar-refractivity contribution in [2.24, 2.45) is 5.73 Å². The van der Waals surface area contributed by atoms with Crippen LogP contribution >= 0.6 is 11.8 Å². The zero-order valence-electron chi connectivity index (χ0n) is 10.7. The lowest BCUT2D eigenvalue weighted by Gasteiger charge is -2.31. The average Bonchev–Trinajstić information content (AvgIpc) is 2.40. The van der Waals surface area contributed by atoms with E-state index in [-0.39, 0.29) is 16.7 Å². The molecule has 0 unspecified atom stereocenters. The number of benzene rings is 1. The van der Waals surface area contributed by atoms with Crippen LogP contribution in [0.4, 0.5) is 0 Å². The molecule has 0 amide bonds. The van der Waals surface area contributed by atoms with Gasteiger partial charge in [-0.05, 0) is 24.5 Å². The molecule has 2 rings (SSSR count). The molecule has 4 heteroatoms. The first-order valence-electron chi connectivity index (χ1n) is 6.56. The minimum atomic E-state index is -0.0225. The number of phenolic OH excluding ortho intramolecular Hbond substituents is 2. The summed E-state index contributed by atoms with van der Waals surface area (Å²) in [7, 11) is 0. The van der Waals surface area contributed by atoms with Crippen LogP contribution in [0.5, 0.6) is 11.5 Å². The van der Waals surface area contributed by atoms with Crippen LogP contribution in [0, 0.1) is 0 Å². The van der Waals surface area contributed by atoms with Crippen LogP contribution in [-0.4, -0.2) is 22.0 Å². The van der Waals surface area contributed by atoms with E-state index in [0.717, 1.165) is 24.0 Å². The van der Waals surface area contributed by atoms with E-state index in [1.165, 1.54) is 12.8 Å². The molecular formula is C14H21NO2S. The van der Waals surface area contributed by atoms with E-state index < -0.39 is 0 Å². The third kappa shape index (κ3) is 2.59. The maximum atomic E-state index is 10.00. The SMILES string of the molecule is CCCC[C@@H]1Cc2c(ccc(O)c2O)[C@H](CN)S1. The number of aromatic hydroxyl groups is 2. The Kier molecular flexibility index (Phi) is 4.40. The molecular weight excluding hydrogens is 246 g/mol. The molecule has 1 aliphatic rings. The second-order valence-electron chi connectivity index (χ2n) is 4.83. The van der Waals surface area contributed by atoms with Gasteiger partial charge in [-0.25, -0.2) is 0 Å². The van der Waals surface area contributed by atoms with Gasteiger partial charge in [-0.3, -0.25) is 0 Å². The highest BCUT2D eigenvalue weighted by Gasteiger charge is 2.29. The van der Waals surface area contributed by atoms with Gasteiger partial charge in [0.2, 0.25) is 0 Å². The van der Waals surface area contributed by atoms with Gasteiger partial charge >= 0.3 is 0 Å². The summed E-state index contributed by atoms with van der Waals surface area (Å²) < 4.78 is 0. The van der Waals surface area contributed by atoms with Crippen LogP contribution in [0.1, 0.15) is 42.6 Å². The number of nitrogens with two attached hydrogens (primary N) is 1. The topological polar surface area (TPSA) is 66.5 Å². The molecule has 100 valence electrons. The normalized spacial score (nSPS) is 22.8. The summed E-state index contributed by atoms with van der Waals surface area (Å²) in [6, 6.07) is 3.45. The maximum Gasteiger partial charge on any atom is 0.161 e. The number of hydrogen-bond donors (Lipinski definition) is 3. The Morgan fingerprint density at radius 1 is 1.39 bits per heavy atom. The number of thioether (sulfide) groups is 1. The van der Waals surface area contributed by atoms with E-state index in [9.17, 15) is 10.2 Å². The van der Waals surface area contributed by atoms with E-state index in [2.05, 4.69) is 6.92 Å². The number of phenols is 2. The fourth-order valence-electron chi connectivity index (χ4n) is 2.52. The van der Waals surface area contributed by atoms with E-state index in [0.29, 0.717) is 11.8 Å². The van der Waals surface area contributed by atoms with Gasteiger partial charge in [0.15, 0.2) is 11.5 Å². The predicted molar refractivity (Wildman–Crippen MR) is 76.2 cm³/mol. The predicted octanol–water partition coefficient (Wildman–Crippen LogP) is 2.95. The minimum absolute atomic E-state index is 0.0225. The van der Waals surface area contributed by atoms with Crippen molar-refractivity contribution in [3.63, 3.8) is 0 Å². The molecule has 1 aromatic carbocycles. The molecule has 0 bridgehead atoms. The zero-order chi connectivity index (χ0) is 13.1. The molecule has 0 aromatic heterocycles. The van der Waals surface area contributed by atoms with Crippen LogP contribution in [0.2, 0.25) is 0 Å². The quantitative estimate of drug-likeness (QED) is 0.734. The molecule has 3 nitrogen and oxygen atoms in total. The lowest BCUT2D eigenvalue weighted by molar-refractivity contribution is 0.397. The summed E-state index contributed by atoms with van der Waals surface area (Å²) in [6.07, 6.45) is 4.36. The van der Waals surface area contributed by atoms with Gasteiger partial charge in [0.1, 0.15) is 0 Å². The smallest absolute Gasteiger partial charge is 0.161 e. The Hall–Kier alpha value is -0.870. The molecule has 0 aliphatic carbocycles. The summed E-state index contributed by atoms with van der Waals surface area (Å²) in [6.45, 7) is 2.76. The molecule has 2 atom stereocenters. The van der Waals surface area contributed by atoms with E-state index in [4.69, 9.17) is 5.73 Å². The summed E-state index contributed by atoms with van der Waals surface area (Å²) in [5.74, 6) is 0.0263. The van der Waals surface area contributed by atoms with E-state index >= 15 is 0 Å². The molecule has 0 radical (unpaired) electrons. The standard InChI is InChI=1S/C14H21NO2S/c1-2-3-4-9-7-11-10(13(8-15)18-9)5-6-12(16)14(11)17/h5-6,9,13,16-17H,2-4,7-8,15H2,1H3/t9-,13+/m1/s1.